The summed E-state index contributed by atoms with van der Waals surface area (Å²) in [5.74, 6) is 0. The number of benzene rings is 1. The van der Waals surface area contributed by atoms with Crippen molar-refractivity contribution < 1.29 is 4.92 Å². The van der Waals surface area contributed by atoms with Crippen LogP contribution in [0, 0.1) is 17.0 Å². The zero-order valence-electron chi connectivity index (χ0n) is 12.5. The molecule has 2 rings (SSSR count). The monoisotopic (exact) mass is 306 g/mol. The van der Waals surface area contributed by atoms with Crippen LogP contribution in [0.4, 0.5) is 5.69 Å². The largest absolute Gasteiger partial charge is 0.306 e. The molecule has 2 aromatic rings. The Hall–Kier alpha value is -1.86. The zero-order valence-corrected chi connectivity index (χ0v) is 13.3. The molecule has 0 radical (unpaired) electrons. The van der Waals surface area contributed by atoms with Gasteiger partial charge in [-0.25, -0.2) is 0 Å². The predicted octanol–water partition coefficient (Wildman–Crippen LogP) is 3.31. The van der Waals surface area contributed by atoms with Crippen LogP contribution >= 0.6 is 11.3 Å². The second kappa shape index (κ2) is 5.87. The second-order valence-corrected chi connectivity index (χ2v) is 6.92. The van der Waals surface area contributed by atoms with Gasteiger partial charge in [0.1, 0.15) is 10.0 Å². The van der Waals surface area contributed by atoms with E-state index in [0.29, 0.717) is 6.54 Å². The van der Waals surface area contributed by atoms with Gasteiger partial charge in [-0.05, 0) is 39.3 Å². The van der Waals surface area contributed by atoms with Crippen molar-refractivity contribution in [2.45, 2.75) is 39.8 Å². The lowest BCUT2D eigenvalue weighted by Crippen LogP contribution is -2.35. The van der Waals surface area contributed by atoms with Gasteiger partial charge in [-0.1, -0.05) is 11.3 Å². The minimum Gasteiger partial charge on any atom is -0.306 e. The lowest BCUT2D eigenvalue weighted by Gasteiger charge is -2.19. The third-order valence-electron chi connectivity index (χ3n) is 2.89. The topological polar surface area (TPSA) is 81.0 Å². The van der Waals surface area contributed by atoms with Gasteiger partial charge in [0.05, 0.1) is 11.5 Å². The van der Waals surface area contributed by atoms with Crippen molar-refractivity contribution in [2.75, 3.05) is 0 Å². The molecule has 0 unspecified atom stereocenters. The highest BCUT2D eigenvalue weighted by Gasteiger charge is 2.14. The first-order valence-corrected chi connectivity index (χ1v) is 7.41. The number of nitrogens with one attached hydrogen (secondary N) is 1. The van der Waals surface area contributed by atoms with E-state index in [0.717, 1.165) is 21.1 Å². The third kappa shape index (κ3) is 4.05. The van der Waals surface area contributed by atoms with Crippen LogP contribution in [0.2, 0.25) is 0 Å². The molecule has 0 aliphatic carbocycles. The molecule has 0 spiro atoms. The molecule has 0 saturated carbocycles. The van der Waals surface area contributed by atoms with E-state index in [4.69, 9.17) is 0 Å². The van der Waals surface area contributed by atoms with Crippen LogP contribution in [0.3, 0.4) is 0 Å². The van der Waals surface area contributed by atoms with E-state index in [2.05, 4.69) is 36.3 Å². The van der Waals surface area contributed by atoms with Gasteiger partial charge < -0.3 is 5.32 Å². The fourth-order valence-electron chi connectivity index (χ4n) is 1.78. The normalized spacial score (nSPS) is 11.6. The summed E-state index contributed by atoms with van der Waals surface area (Å²) in [5.41, 5.74) is 1.83. The molecule has 0 aliphatic heterocycles. The van der Waals surface area contributed by atoms with E-state index in [9.17, 15) is 10.1 Å². The molecule has 0 bridgehead atoms. The molecular weight excluding hydrogens is 288 g/mol. The maximum atomic E-state index is 10.8. The number of nitro benzene ring substituents is 1. The highest BCUT2D eigenvalue weighted by atomic mass is 32.1. The van der Waals surface area contributed by atoms with Crippen molar-refractivity contribution in [2.24, 2.45) is 0 Å². The molecule has 0 fully saturated rings. The molecular formula is C14H18N4O2S. The Kier molecular flexibility index (Phi) is 4.34. The minimum atomic E-state index is -0.393. The highest BCUT2D eigenvalue weighted by Crippen LogP contribution is 2.29. The van der Waals surface area contributed by atoms with Crippen LogP contribution in [0.25, 0.3) is 10.6 Å². The highest BCUT2D eigenvalue weighted by molar-refractivity contribution is 7.14. The summed E-state index contributed by atoms with van der Waals surface area (Å²) in [6.45, 7) is 8.78. The van der Waals surface area contributed by atoms with E-state index >= 15 is 0 Å². The molecule has 7 heteroatoms. The molecule has 0 atom stereocenters. The minimum absolute atomic E-state index is 0.0229. The molecule has 1 heterocycles. The average Bonchev–Trinajstić information content (AvgIpc) is 2.84. The number of aromatic nitrogens is 2. The lowest BCUT2D eigenvalue weighted by atomic mass is 10.1. The molecule has 21 heavy (non-hydrogen) atoms. The fourth-order valence-corrected chi connectivity index (χ4v) is 2.65. The zero-order chi connectivity index (χ0) is 15.6. The summed E-state index contributed by atoms with van der Waals surface area (Å²) in [7, 11) is 0. The molecule has 6 nitrogen and oxygen atoms in total. The van der Waals surface area contributed by atoms with Crippen LogP contribution in [0.1, 0.15) is 31.3 Å². The van der Waals surface area contributed by atoms with Crippen molar-refractivity contribution in [1.82, 2.24) is 15.5 Å². The van der Waals surface area contributed by atoms with Crippen molar-refractivity contribution in [3.05, 3.63) is 38.9 Å². The molecule has 0 amide bonds. The standard InChI is InChI=1S/C14H18N4O2S/c1-9-7-10(18(19)20)5-6-11(9)13-17-16-12(21-13)8-15-14(2,3)4/h5-7,15H,8H2,1-4H3. The first kappa shape index (κ1) is 15.5. The van der Waals surface area contributed by atoms with E-state index in [1.54, 1.807) is 12.1 Å². The first-order chi connectivity index (χ1) is 9.76. The van der Waals surface area contributed by atoms with Crippen molar-refractivity contribution >= 4 is 17.0 Å². The van der Waals surface area contributed by atoms with Gasteiger partial charge in [-0.15, -0.1) is 10.2 Å². The van der Waals surface area contributed by atoms with Gasteiger partial charge in [0, 0.05) is 23.2 Å². The molecule has 0 aliphatic rings. The number of hydrogen-bond acceptors (Lipinski definition) is 6. The Labute approximate surface area is 127 Å². The van der Waals surface area contributed by atoms with E-state index in [-0.39, 0.29) is 11.2 Å². The molecule has 1 aromatic heterocycles. The number of aryl methyl sites for hydroxylation is 1. The number of hydrogen-bond donors (Lipinski definition) is 1. The van der Waals surface area contributed by atoms with E-state index < -0.39 is 4.92 Å². The average molecular weight is 306 g/mol. The van der Waals surface area contributed by atoms with Gasteiger partial charge in [0.15, 0.2) is 0 Å². The summed E-state index contributed by atoms with van der Waals surface area (Å²) >= 11 is 1.50. The Morgan fingerprint density at radius 2 is 2.05 bits per heavy atom. The molecule has 112 valence electrons. The van der Waals surface area contributed by atoms with Crippen LogP contribution < -0.4 is 5.32 Å². The van der Waals surface area contributed by atoms with Gasteiger partial charge >= 0.3 is 0 Å². The van der Waals surface area contributed by atoms with Gasteiger partial charge in [-0.2, -0.15) is 0 Å². The lowest BCUT2D eigenvalue weighted by molar-refractivity contribution is -0.384. The van der Waals surface area contributed by atoms with E-state index in [1.165, 1.54) is 17.4 Å². The maximum Gasteiger partial charge on any atom is 0.269 e. The summed E-state index contributed by atoms with van der Waals surface area (Å²) in [6.07, 6.45) is 0. The van der Waals surface area contributed by atoms with Crippen LogP contribution in [-0.4, -0.2) is 20.7 Å². The summed E-state index contributed by atoms with van der Waals surface area (Å²) < 4.78 is 0. The van der Waals surface area contributed by atoms with Crippen molar-refractivity contribution in [3.63, 3.8) is 0 Å². The van der Waals surface area contributed by atoms with Crippen LogP contribution in [-0.2, 0) is 6.54 Å². The van der Waals surface area contributed by atoms with Crippen molar-refractivity contribution in [3.8, 4) is 10.6 Å². The summed E-state index contributed by atoms with van der Waals surface area (Å²) in [4.78, 5) is 10.4. The van der Waals surface area contributed by atoms with E-state index in [1.807, 2.05) is 6.92 Å². The smallest absolute Gasteiger partial charge is 0.269 e. The Bertz CT molecular complexity index is 661. The third-order valence-corrected chi connectivity index (χ3v) is 3.84. The summed E-state index contributed by atoms with van der Waals surface area (Å²) in [5, 5.41) is 24.1. The van der Waals surface area contributed by atoms with Gasteiger partial charge in [0.2, 0.25) is 0 Å². The van der Waals surface area contributed by atoms with Gasteiger partial charge in [0.25, 0.3) is 5.69 Å². The fraction of sp³-hybridized carbons (Fsp3) is 0.429. The SMILES string of the molecule is Cc1cc([N+](=O)[O-])ccc1-c1nnc(CNC(C)(C)C)s1. The predicted molar refractivity (Wildman–Crippen MR) is 83.3 cm³/mol. The number of nitrogens with zero attached hydrogens (tertiary/aromatic N) is 3. The quantitative estimate of drug-likeness (QED) is 0.692. The Morgan fingerprint density at radius 1 is 1.33 bits per heavy atom. The second-order valence-electron chi connectivity index (χ2n) is 5.86. The van der Waals surface area contributed by atoms with Crippen LogP contribution in [0.5, 0.6) is 0 Å². The number of rotatable bonds is 4. The summed E-state index contributed by atoms with van der Waals surface area (Å²) in [6, 6.07) is 4.79. The van der Waals surface area contributed by atoms with Crippen LogP contribution in [0.15, 0.2) is 18.2 Å². The number of nitro groups is 1. The molecule has 1 aromatic carbocycles. The number of non-ortho nitro benzene ring substituents is 1. The maximum absolute atomic E-state index is 10.8. The molecule has 0 saturated heterocycles. The van der Waals surface area contributed by atoms with Crippen molar-refractivity contribution in [1.29, 1.82) is 0 Å². The van der Waals surface area contributed by atoms with Gasteiger partial charge in [-0.3, -0.25) is 10.1 Å². The first-order valence-electron chi connectivity index (χ1n) is 6.59. The molecule has 1 N–H and O–H groups in total. The Morgan fingerprint density at radius 3 is 2.62 bits per heavy atom. The Balaban J connectivity index is 2.20.